The van der Waals surface area contributed by atoms with Crippen molar-refractivity contribution in [1.29, 1.82) is 0 Å². The number of benzene rings is 1. The molecule has 0 amide bonds. The maximum Gasteiger partial charge on any atom is 0.143 e. The van der Waals surface area contributed by atoms with E-state index in [0.29, 0.717) is 17.9 Å². The SMILES string of the molecule is Cc1cc(C)n(CCCNc2cc(Cl)c(F)cc2N)n1. The Morgan fingerprint density at radius 2 is 2.10 bits per heavy atom. The van der Waals surface area contributed by atoms with Gasteiger partial charge >= 0.3 is 0 Å². The molecule has 0 unspecified atom stereocenters. The summed E-state index contributed by atoms with van der Waals surface area (Å²) in [5, 5.41) is 7.62. The molecule has 0 saturated heterocycles. The van der Waals surface area contributed by atoms with Crippen LogP contribution >= 0.6 is 11.6 Å². The summed E-state index contributed by atoms with van der Waals surface area (Å²) in [6.45, 7) is 5.54. The first-order chi connectivity index (χ1) is 9.47. The molecule has 108 valence electrons. The molecule has 0 radical (unpaired) electrons. The van der Waals surface area contributed by atoms with Gasteiger partial charge in [-0.3, -0.25) is 4.68 Å². The molecule has 0 fully saturated rings. The fourth-order valence-electron chi connectivity index (χ4n) is 2.07. The average molecular weight is 297 g/mol. The lowest BCUT2D eigenvalue weighted by Gasteiger charge is -2.10. The zero-order valence-corrected chi connectivity index (χ0v) is 12.3. The van der Waals surface area contributed by atoms with Crippen LogP contribution < -0.4 is 11.1 Å². The summed E-state index contributed by atoms with van der Waals surface area (Å²) in [7, 11) is 0. The van der Waals surface area contributed by atoms with Crippen molar-refractivity contribution in [2.45, 2.75) is 26.8 Å². The number of nitrogens with one attached hydrogen (secondary N) is 1. The third kappa shape index (κ3) is 3.42. The highest BCUT2D eigenvalue weighted by molar-refractivity contribution is 6.31. The van der Waals surface area contributed by atoms with Crippen LogP contribution in [0.3, 0.4) is 0 Å². The number of nitrogens with zero attached hydrogens (tertiary/aromatic N) is 2. The molecule has 1 heterocycles. The summed E-state index contributed by atoms with van der Waals surface area (Å²) in [4.78, 5) is 0. The Labute approximate surface area is 122 Å². The highest BCUT2D eigenvalue weighted by atomic mass is 35.5. The van der Waals surface area contributed by atoms with Gasteiger partial charge in [-0.05, 0) is 32.4 Å². The maximum absolute atomic E-state index is 13.2. The van der Waals surface area contributed by atoms with Gasteiger partial charge in [0.1, 0.15) is 5.82 Å². The van der Waals surface area contributed by atoms with Crippen molar-refractivity contribution < 1.29 is 4.39 Å². The molecule has 0 aliphatic rings. The van der Waals surface area contributed by atoms with Gasteiger partial charge < -0.3 is 11.1 Å². The van der Waals surface area contributed by atoms with Crippen molar-refractivity contribution in [2.24, 2.45) is 0 Å². The second-order valence-electron chi connectivity index (χ2n) is 4.78. The van der Waals surface area contributed by atoms with Crippen molar-refractivity contribution in [2.75, 3.05) is 17.6 Å². The molecule has 0 aliphatic carbocycles. The Balaban J connectivity index is 1.87. The van der Waals surface area contributed by atoms with Crippen LogP contribution in [0.25, 0.3) is 0 Å². The number of hydrogen-bond acceptors (Lipinski definition) is 3. The van der Waals surface area contributed by atoms with E-state index >= 15 is 0 Å². The van der Waals surface area contributed by atoms with Crippen LogP contribution in [-0.4, -0.2) is 16.3 Å². The molecule has 0 saturated carbocycles. The van der Waals surface area contributed by atoms with Crippen molar-refractivity contribution in [3.05, 3.63) is 40.4 Å². The minimum Gasteiger partial charge on any atom is -0.397 e. The zero-order valence-electron chi connectivity index (χ0n) is 11.6. The van der Waals surface area contributed by atoms with E-state index in [4.69, 9.17) is 17.3 Å². The summed E-state index contributed by atoms with van der Waals surface area (Å²) in [6, 6.07) is 4.78. The molecule has 20 heavy (non-hydrogen) atoms. The Bertz CT molecular complexity index is 609. The quantitative estimate of drug-likeness (QED) is 0.657. The van der Waals surface area contributed by atoms with E-state index in [9.17, 15) is 4.39 Å². The minimum absolute atomic E-state index is 0.0697. The largest absolute Gasteiger partial charge is 0.397 e. The summed E-state index contributed by atoms with van der Waals surface area (Å²) in [5.74, 6) is -0.502. The van der Waals surface area contributed by atoms with Crippen LogP contribution in [0.2, 0.25) is 5.02 Å². The van der Waals surface area contributed by atoms with E-state index < -0.39 is 5.82 Å². The van der Waals surface area contributed by atoms with Crippen LogP contribution in [-0.2, 0) is 6.54 Å². The van der Waals surface area contributed by atoms with Crippen LogP contribution in [0.1, 0.15) is 17.8 Å². The molecule has 6 heteroatoms. The minimum atomic E-state index is -0.502. The van der Waals surface area contributed by atoms with E-state index in [1.165, 1.54) is 12.1 Å². The first kappa shape index (κ1) is 14.7. The average Bonchev–Trinajstić information content (AvgIpc) is 2.69. The van der Waals surface area contributed by atoms with Gasteiger partial charge in [-0.2, -0.15) is 5.10 Å². The monoisotopic (exact) mass is 296 g/mol. The molecule has 0 bridgehead atoms. The van der Waals surface area contributed by atoms with E-state index in [1.807, 2.05) is 24.6 Å². The van der Waals surface area contributed by atoms with E-state index in [-0.39, 0.29) is 5.02 Å². The molecule has 0 atom stereocenters. The molecule has 3 N–H and O–H groups in total. The number of aromatic nitrogens is 2. The van der Waals surface area contributed by atoms with Crippen LogP contribution in [0.15, 0.2) is 18.2 Å². The van der Waals surface area contributed by atoms with Crippen molar-refractivity contribution in [1.82, 2.24) is 9.78 Å². The van der Waals surface area contributed by atoms with Gasteiger partial charge in [0.25, 0.3) is 0 Å². The van der Waals surface area contributed by atoms with E-state index in [1.54, 1.807) is 0 Å². The second kappa shape index (κ2) is 6.13. The lowest BCUT2D eigenvalue weighted by molar-refractivity contribution is 0.573. The van der Waals surface area contributed by atoms with Gasteiger partial charge in [-0.25, -0.2) is 4.39 Å². The van der Waals surface area contributed by atoms with Crippen LogP contribution in [0.5, 0.6) is 0 Å². The molecule has 1 aromatic carbocycles. The van der Waals surface area contributed by atoms with E-state index in [2.05, 4.69) is 10.4 Å². The Morgan fingerprint density at radius 3 is 2.75 bits per heavy atom. The van der Waals surface area contributed by atoms with Crippen LogP contribution in [0, 0.1) is 19.7 Å². The predicted octanol–water partition coefficient (Wildman–Crippen LogP) is 3.38. The topological polar surface area (TPSA) is 55.9 Å². The predicted molar refractivity (Wildman–Crippen MR) is 80.6 cm³/mol. The number of rotatable bonds is 5. The third-order valence-corrected chi connectivity index (χ3v) is 3.35. The zero-order chi connectivity index (χ0) is 14.7. The Hall–Kier alpha value is -1.75. The first-order valence-electron chi connectivity index (χ1n) is 6.47. The van der Waals surface area contributed by atoms with Gasteiger partial charge in [0.15, 0.2) is 0 Å². The number of halogens is 2. The smallest absolute Gasteiger partial charge is 0.143 e. The Morgan fingerprint density at radius 1 is 1.35 bits per heavy atom. The van der Waals surface area contributed by atoms with Gasteiger partial charge in [0.2, 0.25) is 0 Å². The molecular weight excluding hydrogens is 279 g/mol. The lowest BCUT2D eigenvalue weighted by Crippen LogP contribution is -2.10. The van der Waals surface area contributed by atoms with Gasteiger partial charge in [-0.15, -0.1) is 0 Å². The fourth-order valence-corrected chi connectivity index (χ4v) is 2.23. The van der Waals surface area contributed by atoms with Gasteiger partial charge in [0, 0.05) is 24.8 Å². The van der Waals surface area contributed by atoms with E-state index in [0.717, 1.165) is 24.4 Å². The van der Waals surface area contributed by atoms with Crippen molar-refractivity contribution in [3.63, 3.8) is 0 Å². The molecule has 2 aromatic rings. The molecule has 2 rings (SSSR count). The summed E-state index contributed by atoms with van der Waals surface area (Å²) in [6.07, 6.45) is 0.885. The van der Waals surface area contributed by atoms with Crippen LogP contribution in [0.4, 0.5) is 15.8 Å². The number of nitrogens with two attached hydrogens (primary N) is 1. The summed E-state index contributed by atoms with van der Waals surface area (Å²) < 4.78 is 15.1. The highest BCUT2D eigenvalue weighted by Crippen LogP contribution is 2.26. The Kier molecular flexibility index (Phi) is 4.49. The number of hydrogen-bond donors (Lipinski definition) is 2. The fraction of sp³-hybridized carbons (Fsp3) is 0.357. The van der Waals surface area contributed by atoms with Crippen molar-refractivity contribution >= 4 is 23.0 Å². The normalized spacial score (nSPS) is 10.8. The summed E-state index contributed by atoms with van der Waals surface area (Å²) >= 11 is 5.73. The lowest BCUT2D eigenvalue weighted by atomic mass is 10.2. The molecular formula is C14H18ClFN4. The number of aryl methyl sites for hydroxylation is 3. The number of nitrogen functional groups attached to an aromatic ring is 1. The summed E-state index contributed by atoms with van der Waals surface area (Å²) in [5.41, 5.74) is 8.91. The van der Waals surface area contributed by atoms with Gasteiger partial charge in [0.05, 0.1) is 22.1 Å². The standard InChI is InChI=1S/C14H18ClFN4/c1-9-6-10(2)20(19-9)5-3-4-18-14-7-11(15)12(16)8-13(14)17/h6-8,18H,3-5,17H2,1-2H3. The highest BCUT2D eigenvalue weighted by Gasteiger charge is 2.06. The van der Waals surface area contributed by atoms with Gasteiger partial charge in [-0.1, -0.05) is 11.6 Å². The molecule has 4 nitrogen and oxygen atoms in total. The maximum atomic E-state index is 13.2. The second-order valence-corrected chi connectivity index (χ2v) is 5.19. The molecule has 0 aliphatic heterocycles. The van der Waals surface area contributed by atoms with Crippen molar-refractivity contribution in [3.8, 4) is 0 Å². The first-order valence-corrected chi connectivity index (χ1v) is 6.84. The molecule has 1 aromatic heterocycles. The molecule has 0 spiro atoms. The number of anilines is 2. The third-order valence-electron chi connectivity index (χ3n) is 3.06.